The molecule has 15 heavy (non-hydrogen) atoms. The second kappa shape index (κ2) is 5.31. The third kappa shape index (κ3) is 3.67. The summed E-state index contributed by atoms with van der Waals surface area (Å²) in [5, 5.41) is 0. The van der Waals surface area contributed by atoms with Gasteiger partial charge in [-0.25, -0.2) is 0 Å². The SMILES string of the molecule is COC(=O)C(N)/C=C/C(C(C)C)C1CC1. The third-order valence-corrected chi connectivity index (χ3v) is 2.95. The molecule has 1 rings (SSSR count). The third-order valence-electron chi connectivity index (χ3n) is 2.95. The lowest BCUT2D eigenvalue weighted by Crippen LogP contribution is -2.29. The minimum Gasteiger partial charge on any atom is -0.468 e. The van der Waals surface area contributed by atoms with Crippen molar-refractivity contribution in [2.45, 2.75) is 32.7 Å². The summed E-state index contributed by atoms with van der Waals surface area (Å²) in [5.74, 6) is 1.59. The van der Waals surface area contributed by atoms with Crippen molar-refractivity contribution in [3.63, 3.8) is 0 Å². The van der Waals surface area contributed by atoms with Crippen LogP contribution in [-0.4, -0.2) is 19.1 Å². The number of carbonyl (C=O) groups is 1. The van der Waals surface area contributed by atoms with Crippen LogP contribution in [0, 0.1) is 17.8 Å². The van der Waals surface area contributed by atoms with Gasteiger partial charge in [0, 0.05) is 0 Å². The summed E-state index contributed by atoms with van der Waals surface area (Å²) in [7, 11) is 1.36. The maximum absolute atomic E-state index is 11.1. The Labute approximate surface area is 91.7 Å². The van der Waals surface area contributed by atoms with Gasteiger partial charge in [-0.2, -0.15) is 0 Å². The number of esters is 1. The average molecular weight is 211 g/mol. The molecule has 2 N–H and O–H groups in total. The van der Waals surface area contributed by atoms with Crippen LogP contribution in [0.25, 0.3) is 0 Å². The van der Waals surface area contributed by atoms with Gasteiger partial charge in [0.1, 0.15) is 6.04 Å². The lowest BCUT2D eigenvalue weighted by molar-refractivity contribution is -0.140. The molecule has 0 spiro atoms. The quantitative estimate of drug-likeness (QED) is 0.556. The van der Waals surface area contributed by atoms with E-state index in [1.165, 1.54) is 20.0 Å². The molecule has 2 atom stereocenters. The Kier molecular flexibility index (Phi) is 4.33. The van der Waals surface area contributed by atoms with E-state index in [4.69, 9.17) is 5.73 Å². The predicted octanol–water partition coefficient (Wildman–Crippen LogP) is 1.73. The molecule has 0 aromatic heterocycles. The molecular weight excluding hydrogens is 190 g/mol. The Morgan fingerprint density at radius 2 is 2.00 bits per heavy atom. The van der Waals surface area contributed by atoms with Gasteiger partial charge >= 0.3 is 5.97 Å². The van der Waals surface area contributed by atoms with Crippen LogP contribution in [0.3, 0.4) is 0 Å². The normalized spacial score (nSPS) is 20.6. The van der Waals surface area contributed by atoms with Crippen LogP contribution in [0.15, 0.2) is 12.2 Å². The van der Waals surface area contributed by atoms with Gasteiger partial charge in [0.25, 0.3) is 0 Å². The van der Waals surface area contributed by atoms with Gasteiger partial charge in [-0.1, -0.05) is 26.0 Å². The second-order valence-electron chi connectivity index (χ2n) is 4.59. The van der Waals surface area contributed by atoms with Crippen LogP contribution >= 0.6 is 0 Å². The Morgan fingerprint density at radius 3 is 2.40 bits per heavy atom. The van der Waals surface area contributed by atoms with Gasteiger partial charge in [0.05, 0.1) is 7.11 Å². The van der Waals surface area contributed by atoms with E-state index < -0.39 is 6.04 Å². The molecule has 0 radical (unpaired) electrons. The van der Waals surface area contributed by atoms with E-state index in [0.717, 1.165) is 5.92 Å². The first-order valence-corrected chi connectivity index (χ1v) is 5.58. The van der Waals surface area contributed by atoms with E-state index >= 15 is 0 Å². The molecule has 3 heteroatoms. The molecular formula is C12H21NO2. The average Bonchev–Trinajstić information content (AvgIpc) is 3.00. The molecule has 3 nitrogen and oxygen atoms in total. The second-order valence-corrected chi connectivity index (χ2v) is 4.59. The lowest BCUT2D eigenvalue weighted by atomic mass is 9.90. The van der Waals surface area contributed by atoms with Gasteiger partial charge in [-0.05, 0) is 30.6 Å². The summed E-state index contributed by atoms with van der Waals surface area (Å²) < 4.78 is 4.57. The number of methoxy groups -OCH3 is 1. The van der Waals surface area contributed by atoms with Crippen molar-refractivity contribution >= 4 is 5.97 Å². The fourth-order valence-corrected chi connectivity index (χ4v) is 1.87. The van der Waals surface area contributed by atoms with E-state index in [1.807, 2.05) is 0 Å². The van der Waals surface area contributed by atoms with Crippen LogP contribution in [0.4, 0.5) is 0 Å². The van der Waals surface area contributed by atoms with Gasteiger partial charge in [-0.15, -0.1) is 0 Å². The maximum Gasteiger partial charge on any atom is 0.326 e. The minimum atomic E-state index is -0.616. The van der Waals surface area contributed by atoms with E-state index in [2.05, 4.69) is 24.7 Å². The number of nitrogens with two attached hydrogens (primary N) is 1. The van der Waals surface area contributed by atoms with E-state index in [0.29, 0.717) is 11.8 Å². The molecule has 86 valence electrons. The topological polar surface area (TPSA) is 52.3 Å². The molecule has 1 fully saturated rings. The highest BCUT2D eigenvalue weighted by atomic mass is 16.5. The highest BCUT2D eigenvalue weighted by Crippen LogP contribution is 2.41. The smallest absolute Gasteiger partial charge is 0.326 e. The van der Waals surface area contributed by atoms with Crippen LogP contribution < -0.4 is 5.73 Å². The minimum absolute atomic E-state index is 0.371. The molecule has 0 heterocycles. The van der Waals surface area contributed by atoms with Crippen LogP contribution in [-0.2, 0) is 9.53 Å². The summed E-state index contributed by atoms with van der Waals surface area (Å²) in [5.41, 5.74) is 5.64. The van der Waals surface area contributed by atoms with Crippen molar-refractivity contribution in [2.24, 2.45) is 23.5 Å². The van der Waals surface area contributed by atoms with Crippen molar-refractivity contribution in [1.29, 1.82) is 0 Å². The van der Waals surface area contributed by atoms with E-state index in [1.54, 1.807) is 6.08 Å². The van der Waals surface area contributed by atoms with Crippen LogP contribution in [0.5, 0.6) is 0 Å². The molecule has 0 saturated heterocycles. The van der Waals surface area contributed by atoms with Gasteiger partial charge in [0.15, 0.2) is 0 Å². The molecule has 0 amide bonds. The molecule has 0 aromatic carbocycles. The molecule has 0 aliphatic heterocycles. The standard InChI is InChI=1S/C12H21NO2/c1-8(2)10(9-4-5-9)6-7-11(13)12(14)15-3/h6-11H,4-5,13H2,1-3H3/b7-6+. The highest BCUT2D eigenvalue weighted by molar-refractivity contribution is 5.77. The zero-order valence-electron chi connectivity index (χ0n) is 9.77. The summed E-state index contributed by atoms with van der Waals surface area (Å²) in [6, 6.07) is -0.616. The Balaban J connectivity index is 2.49. The Morgan fingerprint density at radius 1 is 1.40 bits per heavy atom. The maximum atomic E-state index is 11.1. The molecule has 1 aliphatic carbocycles. The van der Waals surface area contributed by atoms with Crippen molar-refractivity contribution < 1.29 is 9.53 Å². The van der Waals surface area contributed by atoms with Crippen LogP contribution in [0.1, 0.15) is 26.7 Å². The molecule has 1 aliphatic rings. The fourth-order valence-electron chi connectivity index (χ4n) is 1.87. The van der Waals surface area contributed by atoms with Gasteiger partial charge in [0.2, 0.25) is 0 Å². The number of hydrogen-bond donors (Lipinski definition) is 1. The first-order valence-electron chi connectivity index (χ1n) is 5.58. The molecule has 1 saturated carbocycles. The molecule has 0 aromatic rings. The predicted molar refractivity (Wildman–Crippen MR) is 60.2 cm³/mol. The summed E-state index contributed by atoms with van der Waals surface area (Å²) in [6.45, 7) is 4.41. The first kappa shape index (κ1) is 12.2. The largest absolute Gasteiger partial charge is 0.468 e. The fraction of sp³-hybridized carbons (Fsp3) is 0.750. The van der Waals surface area contributed by atoms with Crippen molar-refractivity contribution in [2.75, 3.05) is 7.11 Å². The first-order chi connectivity index (χ1) is 7.06. The number of carbonyl (C=O) groups excluding carboxylic acids is 1. The number of hydrogen-bond acceptors (Lipinski definition) is 3. The summed E-state index contributed by atoms with van der Waals surface area (Å²) in [4.78, 5) is 11.1. The van der Waals surface area contributed by atoms with Crippen molar-refractivity contribution in [1.82, 2.24) is 0 Å². The number of ether oxygens (including phenoxy) is 1. The lowest BCUT2D eigenvalue weighted by Gasteiger charge is -2.16. The summed E-state index contributed by atoms with van der Waals surface area (Å²) in [6.07, 6.45) is 6.47. The van der Waals surface area contributed by atoms with E-state index in [9.17, 15) is 4.79 Å². The Bertz CT molecular complexity index is 242. The molecule has 0 bridgehead atoms. The zero-order chi connectivity index (χ0) is 11.4. The van der Waals surface area contributed by atoms with Crippen molar-refractivity contribution in [3.8, 4) is 0 Å². The molecule has 2 unspecified atom stereocenters. The monoisotopic (exact) mass is 211 g/mol. The van der Waals surface area contributed by atoms with E-state index in [-0.39, 0.29) is 5.97 Å². The van der Waals surface area contributed by atoms with Crippen LogP contribution in [0.2, 0.25) is 0 Å². The summed E-state index contributed by atoms with van der Waals surface area (Å²) >= 11 is 0. The number of rotatable bonds is 5. The van der Waals surface area contributed by atoms with Gasteiger partial charge in [-0.3, -0.25) is 4.79 Å². The highest BCUT2D eigenvalue weighted by Gasteiger charge is 2.31. The zero-order valence-corrected chi connectivity index (χ0v) is 9.77. The number of allylic oxidation sites excluding steroid dienone is 1. The Hall–Kier alpha value is -0.830. The van der Waals surface area contributed by atoms with Gasteiger partial charge < -0.3 is 10.5 Å². The van der Waals surface area contributed by atoms with Crippen molar-refractivity contribution in [3.05, 3.63) is 12.2 Å².